The number of anilines is 1. The second kappa shape index (κ2) is 8.03. The first kappa shape index (κ1) is 20.7. The van der Waals surface area contributed by atoms with Gasteiger partial charge in [0, 0.05) is 32.4 Å². The first-order valence-corrected chi connectivity index (χ1v) is 11.2. The molecule has 8 heteroatoms. The molecule has 6 nitrogen and oxygen atoms in total. The maximum absolute atomic E-state index is 13.5. The molecule has 0 aliphatic carbocycles. The topological polar surface area (TPSA) is 83.6 Å². The molecule has 158 valence electrons. The summed E-state index contributed by atoms with van der Waals surface area (Å²) in [4.78, 5) is 32.1. The molecule has 1 atom stereocenters. The highest BCUT2D eigenvalue weighted by Gasteiger charge is 2.45. The molecular weight excluding hydrogens is 540 g/mol. The van der Waals surface area contributed by atoms with Gasteiger partial charge in [-0.2, -0.15) is 0 Å². The molecule has 2 aromatic carbocycles. The van der Waals surface area contributed by atoms with E-state index in [9.17, 15) is 14.7 Å². The minimum Gasteiger partial charge on any atom is -0.503 e. The minimum atomic E-state index is -0.834. The lowest BCUT2D eigenvalue weighted by molar-refractivity contribution is -0.117. The number of amides is 1. The van der Waals surface area contributed by atoms with E-state index in [2.05, 4.69) is 36.8 Å². The van der Waals surface area contributed by atoms with Gasteiger partial charge in [-0.1, -0.05) is 31.9 Å². The molecule has 0 fully saturated rings. The number of ketones is 1. The summed E-state index contributed by atoms with van der Waals surface area (Å²) >= 11 is 6.79. The number of halogens is 2. The van der Waals surface area contributed by atoms with E-state index in [0.29, 0.717) is 16.8 Å². The van der Waals surface area contributed by atoms with E-state index < -0.39 is 23.5 Å². The highest BCUT2D eigenvalue weighted by molar-refractivity contribution is 9.10. The number of aromatic nitrogens is 1. The smallest absolute Gasteiger partial charge is 0.294 e. The second-order valence-electron chi connectivity index (χ2n) is 7.22. The second-order valence-corrected chi connectivity index (χ2v) is 9.05. The van der Waals surface area contributed by atoms with E-state index in [-0.39, 0.29) is 11.3 Å². The number of nitrogens with zero attached hydrogens (tertiary/aromatic N) is 2. The molecule has 1 amide bonds. The van der Waals surface area contributed by atoms with Gasteiger partial charge in [-0.15, -0.1) is 0 Å². The number of aliphatic hydroxyl groups excluding tert-OH is 1. The van der Waals surface area contributed by atoms with Gasteiger partial charge in [0.05, 0.1) is 11.6 Å². The van der Waals surface area contributed by atoms with Gasteiger partial charge < -0.3 is 9.52 Å². The van der Waals surface area contributed by atoms with Gasteiger partial charge in [0.15, 0.2) is 11.5 Å². The van der Waals surface area contributed by atoms with Crippen LogP contribution in [0, 0.1) is 0 Å². The van der Waals surface area contributed by atoms with Crippen molar-refractivity contribution < 1.29 is 19.1 Å². The number of furan rings is 1. The highest BCUT2D eigenvalue weighted by Crippen LogP contribution is 2.42. The predicted octanol–water partition coefficient (Wildman–Crippen LogP) is 6.14. The summed E-state index contributed by atoms with van der Waals surface area (Å²) in [6, 6.07) is 16.7. The lowest BCUT2D eigenvalue weighted by atomic mass is 9.95. The minimum absolute atomic E-state index is 0.0396. The molecule has 5 rings (SSSR count). The van der Waals surface area contributed by atoms with E-state index in [1.54, 1.807) is 60.9 Å². The molecule has 0 spiro atoms. The van der Waals surface area contributed by atoms with Crippen LogP contribution in [-0.4, -0.2) is 21.8 Å². The maximum Gasteiger partial charge on any atom is 0.294 e. The predicted molar refractivity (Wildman–Crippen MR) is 127 cm³/mol. The molecule has 32 heavy (non-hydrogen) atoms. The number of hydrogen-bond acceptors (Lipinski definition) is 5. The Kier molecular flexibility index (Phi) is 5.19. The number of rotatable bonds is 4. The van der Waals surface area contributed by atoms with Crippen LogP contribution in [0.4, 0.5) is 5.69 Å². The molecule has 1 aliphatic heterocycles. The average molecular weight is 554 g/mol. The molecule has 3 heterocycles. The first-order valence-electron chi connectivity index (χ1n) is 9.60. The van der Waals surface area contributed by atoms with Crippen LogP contribution >= 0.6 is 31.9 Å². The maximum atomic E-state index is 13.5. The third-order valence-corrected chi connectivity index (χ3v) is 6.30. The molecule has 0 saturated heterocycles. The van der Waals surface area contributed by atoms with Crippen molar-refractivity contribution in [2.45, 2.75) is 6.04 Å². The lowest BCUT2D eigenvalue weighted by Gasteiger charge is -2.26. The number of fused-ring (bicyclic) bond motifs is 1. The number of Topliss-reactive ketones (excluding diaryl/α,β-unsaturated/α-hetero) is 1. The zero-order chi connectivity index (χ0) is 22.4. The monoisotopic (exact) mass is 552 g/mol. The van der Waals surface area contributed by atoms with Crippen LogP contribution in [0.1, 0.15) is 22.2 Å². The van der Waals surface area contributed by atoms with Crippen LogP contribution in [0.3, 0.4) is 0 Å². The zero-order valence-electron chi connectivity index (χ0n) is 16.3. The third kappa shape index (κ3) is 3.45. The molecule has 2 aromatic heterocycles. The molecule has 0 radical (unpaired) electrons. The fourth-order valence-corrected chi connectivity index (χ4v) is 4.47. The summed E-state index contributed by atoms with van der Waals surface area (Å²) in [5.41, 5.74) is 1.68. The third-order valence-electron chi connectivity index (χ3n) is 5.28. The van der Waals surface area contributed by atoms with E-state index >= 15 is 0 Å². The summed E-state index contributed by atoms with van der Waals surface area (Å²) in [5, 5.41) is 11.6. The molecule has 4 aromatic rings. The molecule has 0 bridgehead atoms. The van der Waals surface area contributed by atoms with Crippen molar-refractivity contribution in [2.75, 3.05) is 4.90 Å². The Morgan fingerprint density at radius 3 is 2.38 bits per heavy atom. The molecule has 1 aliphatic rings. The van der Waals surface area contributed by atoms with Crippen LogP contribution in [0.5, 0.6) is 0 Å². The van der Waals surface area contributed by atoms with Crippen molar-refractivity contribution in [3.05, 3.63) is 105 Å². The molecule has 1 N–H and O–H groups in total. The Morgan fingerprint density at radius 1 is 0.969 bits per heavy atom. The Morgan fingerprint density at radius 2 is 1.66 bits per heavy atom. The van der Waals surface area contributed by atoms with Crippen molar-refractivity contribution in [1.29, 1.82) is 0 Å². The van der Waals surface area contributed by atoms with Gasteiger partial charge >= 0.3 is 0 Å². The van der Waals surface area contributed by atoms with Crippen LogP contribution < -0.4 is 4.90 Å². The van der Waals surface area contributed by atoms with Gasteiger partial charge in [0.1, 0.15) is 5.58 Å². The lowest BCUT2D eigenvalue weighted by Crippen LogP contribution is -2.31. The van der Waals surface area contributed by atoms with Crippen LogP contribution in [0.2, 0.25) is 0 Å². The van der Waals surface area contributed by atoms with Gasteiger partial charge in [-0.05, 0) is 66.2 Å². The van der Waals surface area contributed by atoms with Crippen molar-refractivity contribution in [2.24, 2.45) is 0 Å². The Labute approximate surface area is 199 Å². The first-order chi connectivity index (χ1) is 15.4. The molecule has 1 unspecified atom stereocenters. The number of aliphatic hydroxyl groups is 1. The zero-order valence-corrected chi connectivity index (χ0v) is 19.5. The number of pyridine rings is 1. The average Bonchev–Trinajstić information content (AvgIpc) is 3.33. The van der Waals surface area contributed by atoms with Gasteiger partial charge in [0.25, 0.3) is 5.91 Å². The van der Waals surface area contributed by atoms with Crippen molar-refractivity contribution in [3.63, 3.8) is 0 Å². The van der Waals surface area contributed by atoms with E-state index in [0.717, 1.165) is 14.3 Å². The number of hydrogen-bond donors (Lipinski definition) is 1. The summed E-state index contributed by atoms with van der Waals surface area (Å²) < 4.78 is 7.45. The normalized spacial score (nSPS) is 16.2. The SMILES string of the molecule is O=C(C1=C(O)C(=O)N(c2ccc(Br)cc2)C1c1ccncc1)c1cc2cc(Br)ccc2o1. The summed E-state index contributed by atoms with van der Waals surface area (Å²) in [6.45, 7) is 0. The summed E-state index contributed by atoms with van der Waals surface area (Å²) in [6.07, 6.45) is 3.16. The van der Waals surface area contributed by atoms with E-state index in [1.807, 2.05) is 12.1 Å². The van der Waals surface area contributed by atoms with Gasteiger partial charge in [-0.25, -0.2) is 0 Å². The summed E-state index contributed by atoms with van der Waals surface area (Å²) in [5.74, 6) is -1.76. The molecule has 0 saturated carbocycles. The summed E-state index contributed by atoms with van der Waals surface area (Å²) in [7, 11) is 0. The van der Waals surface area contributed by atoms with Crippen molar-refractivity contribution >= 4 is 60.2 Å². The molecular formula is C24H14Br2N2O4. The number of carbonyl (C=O) groups excluding carboxylic acids is 2. The van der Waals surface area contributed by atoms with Crippen LogP contribution in [-0.2, 0) is 4.79 Å². The number of carbonyl (C=O) groups is 2. The van der Waals surface area contributed by atoms with Crippen LogP contribution in [0.25, 0.3) is 11.0 Å². The van der Waals surface area contributed by atoms with E-state index in [1.165, 1.54) is 4.90 Å². The Bertz CT molecular complexity index is 1390. The Hall–Kier alpha value is -3.23. The van der Waals surface area contributed by atoms with Crippen molar-refractivity contribution in [1.82, 2.24) is 4.98 Å². The number of benzene rings is 2. The van der Waals surface area contributed by atoms with Crippen molar-refractivity contribution in [3.8, 4) is 0 Å². The largest absolute Gasteiger partial charge is 0.503 e. The van der Waals surface area contributed by atoms with Gasteiger partial charge in [0.2, 0.25) is 5.78 Å². The fourth-order valence-electron chi connectivity index (χ4n) is 3.83. The standard InChI is InChI=1S/C24H14Br2N2O4/c25-15-1-4-17(5-2-15)28-21(13-7-9-27-10-8-13)20(23(30)24(28)31)22(29)19-12-14-11-16(26)3-6-18(14)32-19/h1-12,21,30H. The van der Waals surface area contributed by atoms with Gasteiger partial charge in [-0.3, -0.25) is 19.5 Å². The van der Waals surface area contributed by atoms with Crippen LogP contribution in [0.15, 0.2) is 97.8 Å². The van der Waals surface area contributed by atoms with E-state index in [4.69, 9.17) is 4.42 Å². The highest BCUT2D eigenvalue weighted by atomic mass is 79.9. The quantitative estimate of drug-likeness (QED) is 0.307. The Balaban J connectivity index is 1.65. The fraction of sp³-hybridized carbons (Fsp3) is 0.0417.